The fourth-order valence-corrected chi connectivity index (χ4v) is 4.09. The normalized spacial score (nSPS) is 24.0. The highest BCUT2D eigenvalue weighted by atomic mass is 28.3. The van der Waals surface area contributed by atoms with Crippen molar-refractivity contribution in [1.82, 2.24) is 4.90 Å². The van der Waals surface area contributed by atoms with Gasteiger partial charge in [0.15, 0.2) is 14.8 Å². The third-order valence-electron chi connectivity index (χ3n) is 4.77. The van der Waals surface area contributed by atoms with Gasteiger partial charge >= 0.3 is 6.09 Å². The van der Waals surface area contributed by atoms with Crippen molar-refractivity contribution in [3.8, 4) is 0 Å². The highest BCUT2D eigenvalue weighted by Gasteiger charge is 2.54. The molecule has 1 aliphatic heterocycles. The lowest BCUT2D eigenvalue weighted by Crippen LogP contribution is -2.57. The molecular formula is C19H31NO4Si. The van der Waals surface area contributed by atoms with Gasteiger partial charge in [-0.3, -0.25) is 4.90 Å². The predicted molar refractivity (Wildman–Crippen MR) is 101 cm³/mol. The number of carbonyl (C=O) groups excluding carboxylic acids is 1. The standard InChI is InChI=1S/C19H31NO4Si/c1-18(2,3)16-11-12-20(19(16,22)14-24-25(4)5)17(21)23-13-15-9-7-6-8-10-15/h6-10,16,22,25H,11-14H2,1-5H3/t16-,19-/m0/s1. The SMILES string of the molecule is C[SiH](C)OC[C@]1(O)[C@H](C(C)(C)C)CCN1C(=O)OCc1ccccc1. The van der Waals surface area contributed by atoms with Gasteiger partial charge in [0.25, 0.3) is 0 Å². The Morgan fingerprint density at radius 1 is 1.32 bits per heavy atom. The molecule has 1 saturated heterocycles. The smallest absolute Gasteiger partial charge is 0.412 e. The van der Waals surface area contributed by atoms with E-state index in [0.717, 1.165) is 12.0 Å². The van der Waals surface area contributed by atoms with Crippen molar-refractivity contribution in [3.63, 3.8) is 0 Å². The van der Waals surface area contributed by atoms with Crippen LogP contribution in [0.15, 0.2) is 30.3 Å². The minimum atomic E-state index is -1.32. The molecule has 0 radical (unpaired) electrons. The van der Waals surface area contributed by atoms with E-state index in [-0.39, 0.29) is 24.5 Å². The van der Waals surface area contributed by atoms with Crippen LogP contribution in [-0.4, -0.2) is 44.0 Å². The minimum Gasteiger partial charge on any atom is -0.444 e. The van der Waals surface area contributed by atoms with Crippen LogP contribution >= 0.6 is 0 Å². The lowest BCUT2D eigenvalue weighted by atomic mass is 9.74. The summed E-state index contributed by atoms with van der Waals surface area (Å²) >= 11 is 0. The van der Waals surface area contributed by atoms with Crippen molar-refractivity contribution in [3.05, 3.63) is 35.9 Å². The molecule has 140 valence electrons. The number of aliphatic hydroxyl groups is 1. The number of likely N-dealkylation sites (tertiary alicyclic amines) is 1. The maximum atomic E-state index is 12.7. The maximum Gasteiger partial charge on any atom is 0.412 e. The monoisotopic (exact) mass is 365 g/mol. The number of carbonyl (C=O) groups is 1. The van der Waals surface area contributed by atoms with E-state index in [1.165, 1.54) is 4.90 Å². The fourth-order valence-electron chi connectivity index (χ4n) is 3.51. The number of hydrogen-bond acceptors (Lipinski definition) is 4. The molecule has 1 aliphatic rings. The predicted octanol–water partition coefficient (Wildman–Crippen LogP) is 3.38. The lowest BCUT2D eigenvalue weighted by Gasteiger charge is -2.42. The van der Waals surface area contributed by atoms with E-state index in [2.05, 4.69) is 33.9 Å². The zero-order chi connectivity index (χ0) is 18.7. The molecule has 1 fully saturated rings. The van der Waals surface area contributed by atoms with Crippen molar-refractivity contribution in [2.75, 3.05) is 13.2 Å². The first kappa shape index (κ1) is 19.9. The van der Waals surface area contributed by atoms with Crippen LogP contribution in [0.4, 0.5) is 4.79 Å². The van der Waals surface area contributed by atoms with Gasteiger partial charge in [0, 0.05) is 12.5 Å². The molecule has 1 aromatic carbocycles. The van der Waals surface area contributed by atoms with Crippen LogP contribution in [0.1, 0.15) is 32.8 Å². The Hall–Kier alpha value is -1.37. The van der Waals surface area contributed by atoms with Crippen molar-refractivity contribution >= 4 is 15.1 Å². The highest BCUT2D eigenvalue weighted by Crippen LogP contribution is 2.44. The van der Waals surface area contributed by atoms with E-state index in [9.17, 15) is 9.90 Å². The van der Waals surface area contributed by atoms with Crippen LogP contribution < -0.4 is 0 Å². The Bertz CT molecular complexity index is 573. The van der Waals surface area contributed by atoms with Gasteiger partial charge in [-0.15, -0.1) is 0 Å². The van der Waals surface area contributed by atoms with E-state index in [1.807, 2.05) is 30.3 Å². The summed E-state index contributed by atoms with van der Waals surface area (Å²) < 4.78 is 11.3. The largest absolute Gasteiger partial charge is 0.444 e. The molecule has 0 unspecified atom stereocenters. The van der Waals surface area contributed by atoms with Crippen molar-refractivity contribution in [2.24, 2.45) is 11.3 Å². The minimum absolute atomic E-state index is 0.0583. The second-order valence-corrected chi connectivity index (χ2v) is 10.6. The Labute approximate surface area is 152 Å². The zero-order valence-electron chi connectivity index (χ0n) is 16.0. The molecule has 1 aromatic rings. The molecule has 1 N–H and O–H groups in total. The first-order chi connectivity index (χ1) is 11.6. The van der Waals surface area contributed by atoms with Crippen LogP contribution in [0.25, 0.3) is 0 Å². The average Bonchev–Trinajstić information content (AvgIpc) is 2.90. The summed E-state index contributed by atoms with van der Waals surface area (Å²) in [5.41, 5.74) is -0.522. The second kappa shape index (κ2) is 7.89. The van der Waals surface area contributed by atoms with Crippen LogP contribution in [-0.2, 0) is 15.8 Å². The summed E-state index contributed by atoms with van der Waals surface area (Å²) in [5, 5.41) is 11.4. The Morgan fingerprint density at radius 2 is 1.96 bits per heavy atom. The third kappa shape index (κ3) is 4.83. The van der Waals surface area contributed by atoms with Gasteiger partial charge in [-0.25, -0.2) is 4.79 Å². The van der Waals surface area contributed by atoms with Crippen LogP contribution in [0.2, 0.25) is 13.1 Å². The highest BCUT2D eigenvalue weighted by molar-refractivity contribution is 6.48. The Kier molecular flexibility index (Phi) is 6.29. The zero-order valence-corrected chi connectivity index (χ0v) is 17.1. The Morgan fingerprint density at radius 3 is 2.52 bits per heavy atom. The van der Waals surface area contributed by atoms with Crippen LogP contribution in [0.5, 0.6) is 0 Å². The number of hydrogen-bond donors (Lipinski definition) is 1. The molecule has 2 rings (SSSR count). The molecule has 0 spiro atoms. The van der Waals surface area contributed by atoms with Gasteiger partial charge in [0.2, 0.25) is 0 Å². The van der Waals surface area contributed by atoms with E-state index >= 15 is 0 Å². The number of benzene rings is 1. The lowest BCUT2D eigenvalue weighted by molar-refractivity contribution is -0.147. The summed E-state index contributed by atoms with van der Waals surface area (Å²) in [6.45, 7) is 11.2. The van der Waals surface area contributed by atoms with Crippen LogP contribution in [0, 0.1) is 11.3 Å². The molecule has 1 amide bonds. The Balaban J connectivity index is 2.12. The van der Waals surface area contributed by atoms with Crippen molar-refractivity contribution in [2.45, 2.75) is 52.6 Å². The molecule has 0 aliphatic carbocycles. The molecule has 0 saturated carbocycles. The first-order valence-corrected chi connectivity index (χ1v) is 11.7. The molecular weight excluding hydrogens is 334 g/mol. The van der Waals surface area contributed by atoms with Crippen LogP contribution in [0.3, 0.4) is 0 Å². The maximum absolute atomic E-state index is 12.7. The van der Waals surface area contributed by atoms with Gasteiger partial charge in [-0.05, 0) is 30.5 Å². The molecule has 5 nitrogen and oxygen atoms in total. The van der Waals surface area contributed by atoms with Crippen molar-refractivity contribution in [1.29, 1.82) is 0 Å². The van der Waals surface area contributed by atoms with E-state index in [1.54, 1.807) is 0 Å². The number of ether oxygens (including phenoxy) is 1. The molecule has 0 aromatic heterocycles. The molecule has 2 atom stereocenters. The summed E-state index contributed by atoms with van der Waals surface area (Å²) in [5.74, 6) is -0.0583. The molecule has 6 heteroatoms. The average molecular weight is 366 g/mol. The quantitative estimate of drug-likeness (QED) is 0.813. The summed E-state index contributed by atoms with van der Waals surface area (Å²) in [7, 11) is -1.31. The van der Waals surface area contributed by atoms with Gasteiger partial charge < -0.3 is 14.3 Å². The van der Waals surface area contributed by atoms with E-state index in [4.69, 9.17) is 9.16 Å². The number of rotatable bonds is 5. The molecule has 0 bridgehead atoms. The summed E-state index contributed by atoms with van der Waals surface area (Å²) in [4.78, 5) is 14.1. The van der Waals surface area contributed by atoms with Crippen molar-refractivity contribution < 1.29 is 19.1 Å². The molecule has 25 heavy (non-hydrogen) atoms. The van der Waals surface area contributed by atoms with E-state index < -0.39 is 20.9 Å². The number of amides is 1. The third-order valence-corrected chi connectivity index (χ3v) is 5.60. The van der Waals surface area contributed by atoms with Gasteiger partial charge in [-0.2, -0.15) is 0 Å². The summed E-state index contributed by atoms with van der Waals surface area (Å²) in [6.07, 6.45) is 0.260. The first-order valence-electron chi connectivity index (χ1n) is 8.97. The van der Waals surface area contributed by atoms with E-state index in [0.29, 0.717) is 6.54 Å². The fraction of sp³-hybridized carbons (Fsp3) is 0.632. The van der Waals surface area contributed by atoms with Gasteiger partial charge in [0.1, 0.15) is 6.61 Å². The topological polar surface area (TPSA) is 59.0 Å². The van der Waals surface area contributed by atoms with Gasteiger partial charge in [-0.1, -0.05) is 51.1 Å². The number of nitrogens with zero attached hydrogens (tertiary/aromatic N) is 1. The van der Waals surface area contributed by atoms with Gasteiger partial charge in [0.05, 0.1) is 6.61 Å². The molecule has 1 heterocycles. The second-order valence-electron chi connectivity index (χ2n) is 8.14. The summed E-state index contributed by atoms with van der Waals surface area (Å²) in [6, 6.07) is 9.56.